The van der Waals surface area contributed by atoms with Crippen molar-refractivity contribution in [2.75, 3.05) is 6.54 Å². The van der Waals surface area contributed by atoms with Gasteiger partial charge in [0.15, 0.2) is 0 Å². The molecule has 0 spiro atoms. The van der Waals surface area contributed by atoms with Crippen LogP contribution < -0.4 is 16.0 Å². The number of carbonyl (C=O) groups excluding carboxylic acids is 2. The number of unbranched alkanes of at least 4 members (excludes halogenated alkanes) is 1. The normalized spacial score (nSPS) is 16.5. The second-order valence-corrected chi connectivity index (χ2v) is 13.5. The van der Waals surface area contributed by atoms with Gasteiger partial charge in [0.1, 0.15) is 6.04 Å². The number of hydrogen-bond donors (Lipinski definition) is 3. The minimum atomic E-state index is -0.641. The quantitative estimate of drug-likeness (QED) is 0.132. The lowest BCUT2D eigenvalue weighted by atomic mass is 9.82. The van der Waals surface area contributed by atoms with E-state index in [1.165, 1.54) is 11.1 Å². The highest BCUT2D eigenvalue weighted by Crippen LogP contribution is 2.44. The summed E-state index contributed by atoms with van der Waals surface area (Å²) in [4.78, 5) is 26.6. The van der Waals surface area contributed by atoms with Crippen molar-refractivity contribution in [3.05, 3.63) is 130 Å². The van der Waals surface area contributed by atoms with E-state index in [0.717, 1.165) is 42.5 Å². The van der Waals surface area contributed by atoms with E-state index >= 15 is 0 Å². The molecule has 0 aliphatic heterocycles. The predicted octanol–water partition coefficient (Wildman–Crippen LogP) is 8.04. The van der Waals surface area contributed by atoms with Crippen LogP contribution in [0.2, 0.25) is 5.02 Å². The van der Waals surface area contributed by atoms with E-state index in [2.05, 4.69) is 61.0 Å². The lowest BCUT2D eigenvalue weighted by molar-refractivity contribution is -0.123. The maximum atomic E-state index is 13.3. The van der Waals surface area contributed by atoms with E-state index < -0.39 is 6.04 Å². The average molecular weight is 622 g/mol. The van der Waals surface area contributed by atoms with Crippen molar-refractivity contribution in [2.24, 2.45) is 0 Å². The van der Waals surface area contributed by atoms with Crippen LogP contribution in [0.1, 0.15) is 79.4 Å². The molecule has 2 amide bonds. The zero-order valence-corrected chi connectivity index (χ0v) is 27.2. The van der Waals surface area contributed by atoms with Gasteiger partial charge in [0, 0.05) is 29.1 Å². The highest BCUT2D eigenvalue weighted by Gasteiger charge is 2.40. The molecule has 0 saturated heterocycles. The van der Waals surface area contributed by atoms with Crippen LogP contribution in [0.25, 0.3) is 11.1 Å². The van der Waals surface area contributed by atoms with Crippen LogP contribution in [0.5, 0.6) is 0 Å². The Labute approximate surface area is 272 Å². The van der Waals surface area contributed by atoms with Gasteiger partial charge in [-0.1, -0.05) is 111 Å². The third kappa shape index (κ3) is 9.06. The van der Waals surface area contributed by atoms with E-state index in [1.807, 2.05) is 72.8 Å². The molecular formula is C39H44ClN3O2. The first kappa shape index (κ1) is 32.5. The minimum absolute atomic E-state index is 0.125. The number of carbonyl (C=O) groups is 2. The molecule has 0 bridgehead atoms. The van der Waals surface area contributed by atoms with Crippen LogP contribution in [0.15, 0.2) is 103 Å². The first-order valence-electron chi connectivity index (χ1n) is 16.0. The predicted molar refractivity (Wildman–Crippen MR) is 185 cm³/mol. The molecule has 0 aromatic heterocycles. The van der Waals surface area contributed by atoms with Crippen LogP contribution in [0.4, 0.5) is 0 Å². The zero-order valence-electron chi connectivity index (χ0n) is 26.5. The fourth-order valence-corrected chi connectivity index (χ4v) is 6.16. The zero-order chi connectivity index (χ0) is 31.8. The summed E-state index contributed by atoms with van der Waals surface area (Å²) in [7, 11) is 0. The van der Waals surface area contributed by atoms with Crippen molar-refractivity contribution in [3.63, 3.8) is 0 Å². The fourth-order valence-electron chi connectivity index (χ4n) is 5.94. The lowest BCUT2D eigenvalue weighted by Crippen LogP contribution is -2.46. The van der Waals surface area contributed by atoms with Crippen molar-refractivity contribution in [1.29, 1.82) is 0 Å². The Kier molecular flexibility index (Phi) is 10.7. The Bertz CT molecular complexity index is 1580. The van der Waals surface area contributed by atoms with Crippen LogP contribution >= 0.6 is 11.6 Å². The Hall–Kier alpha value is -3.93. The standard InChI is InChI=1S/C39H44ClN3O2/c1-39(2,3)34-17-8-7-16-32(34)33-25-36(33)41-23-10-9-18-35(38(45)42-26-27-12-11-15-31(40)24-27)43-37(44)30-21-19-29(20-22-30)28-13-5-4-6-14-28/h4-8,11-17,19-22,24,33,35-36,41H,9-10,18,23,25-26H2,1-3H3,(H,42,45)(H,43,44)/t33-,35?,36+/m0/s1. The SMILES string of the molecule is CC(C)(C)c1ccccc1[C@@H]1C[C@H]1NCCCCC(NC(=O)c1ccc(-c2ccccc2)cc1)C(=O)NCc1cccc(Cl)c1. The van der Waals surface area contributed by atoms with Crippen LogP contribution in [-0.2, 0) is 16.8 Å². The van der Waals surface area contributed by atoms with Crippen LogP contribution in [0, 0.1) is 0 Å². The maximum absolute atomic E-state index is 13.3. The molecule has 1 unspecified atom stereocenters. The summed E-state index contributed by atoms with van der Waals surface area (Å²) >= 11 is 6.13. The number of rotatable bonds is 13. The number of benzene rings is 4. The summed E-state index contributed by atoms with van der Waals surface area (Å²) in [6.07, 6.45) is 3.44. The summed E-state index contributed by atoms with van der Waals surface area (Å²) in [5.74, 6) is 0.102. The summed E-state index contributed by atoms with van der Waals surface area (Å²) < 4.78 is 0. The molecule has 0 heterocycles. The minimum Gasteiger partial charge on any atom is -0.350 e. The molecule has 1 saturated carbocycles. The smallest absolute Gasteiger partial charge is 0.251 e. The summed E-state index contributed by atoms with van der Waals surface area (Å²) in [5.41, 5.74) is 6.57. The van der Waals surface area contributed by atoms with E-state index in [9.17, 15) is 9.59 Å². The largest absolute Gasteiger partial charge is 0.350 e. The van der Waals surface area contributed by atoms with E-state index in [0.29, 0.717) is 35.5 Å². The molecule has 5 nitrogen and oxygen atoms in total. The molecule has 234 valence electrons. The third-order valence-corrected chi connectivity index (χ3v) is 8.75. The van der Waals surface area contributed by atoms with Gasteiger partial charge in [0.2, 0.25) is 5.91 Å². The summed E-state index contributed by atoms with van der Waals surface area (Å²) in [5, 5.41) is 10.3. The molecule has 1 fully saturated rings. The molecule has 3 atom stereocenters. The van der Waals surface area contributed by atoms with E-state index in [4.69, 9.17) is 11.6 Å². The molecule has 1 aliphatic carbocycles. The van der Waals surface area contributed by atoms with Crippen molar-refractivity contribution in [3.8, 4) is 11.1 Å². The second-order valence-electron chi connectivity index (χ2n) is 13.1. The van der Waals surface area contributed by atoms with Gasteiger partial charge in [-0.05, 0) is 89.7 Å². The topological polar surface area (TPSA) is 70.2 Å². The molecule has 4 aromatic carbocycles. The first-order chi connectivity index (χ1) is 21.7. The van der Waals surface area contributed by atoms with Gasteiger partial charge < -0.3 is 16.0 Å². The van der Waals surface area contributed by atoms with Gasteiger partial charge in [-0.3, -0.25) is 9.59 Å². The van der Waals surface area contributed by atoms with Gasteiger partial charge in [0.25, 0.3) is 5.91 Å². The Morgan fingerprint density at radius 3 is 2.29 bits per heavy atom. The fraction of sp³-hybridized carbons (Fsp3) is 0.333. The maximum Gasteiger partial charge on any atom is 0.251 e. The Balaban J connectivity index is 1.15. The molecule has 6 heteroatoms. The van der Waals surface area contributed by atoms with Gasteiger partial charge in [-0.2, -0.15) is 0 Å². The van der Waals surface area contributed by atoms with E-state index in [-0.39, 0.29) is 17.2 Å². The number of nitrogens with one attached hydrogen (secondary N) is 3. The molecule has 3 N–H and O–H groups in total. The molecule has 5 rings (SSSR count). The van der Waals surface area contributed by atoms with Crippen molar-refractivity contribution >= 4 is 23.4 Å². The first-order valence-corrected chi connectivity index (χ1v) is 16.4. The highest BCUT2D eigenvalue weighted by molar-refractivity contribution is 6.30. The number of halogens is 1. The molecule has 4 aromatic rings. The van der Waals surface area contributed by atoms with E-state index in [1.54, 1.807) is 6.07 Å². The summed E-state index contributed by atoms with van der Waals surface area (Å²) in [6.45, 7) is 8.05. The number of hydrogen-bond acceptors (Lipinski definition) is 3. The molecular weight excluding hydrogens is 578 g/mol. The van der Waals surface area contributed by atoms with Crippen molar-refractivity contribution < 1.29 is 9.59 Å². The van der Waals surface area contributed by atoms with Crippen molar-refractivity contribution in [1.82, 2.24) is 16.0 Å². The molecule has 0 radical (unpaired) electrons. The number of amides is 2. The van der Waals surface area contributed by atoms with Gasteiger partial charge in [-0.15, -0.1) is 0 Å². The average Bonchev–Trinajstić information content (AvgIpc) is 3.82. The van der Waals surface area contributed by atoms with Crippen molar-refractivity contribution in [2.45, 2.75) is 76.4 Å². The summed E-state index contributed by atoms with van der Waals surface area (Å²) in [6, 6.07) is 33.6. The lowest BCUT2D eigenvalue weighted by Gasteiger charge is -2.23. The van der Waals surface area contributed by atoms with Gasteiger partial charge >= 0.3 is 0 Å². The van der Waals surface area contributed by atoms with Gasteiger partial charge in [-0.25, -0.2) is 0 Å². The van der Waals surface area contributed by atoms with Gasteiger partial charge in [0.05, 0.1) is 0 Å². The monoisotopic (exact) mass is 621 g/mol. The van der Waals surface area contributed by atoms with Crippen LogP contribution in [0.3, 0.4) is 0 Å². The molecule has 45 heavy (non-hydrogen) atoms. The van der Waals surface area contributed by atoms with Crippen LogP contribution in [-0.4, -0.2) is 30.4 Å². The highest BCUT2D eigenvalue weighted by atomic mass is 35.5. The molecule has 1 aliphatic rings. The third-order valence-electron chi connectivity index (χ3n) is 8.52. The second kappa shape index (κ2) is 14.9. The Morgan fingerprint density at radius 1 is 0.844 bits per heavy atom. The Morgan fingerprint density at radius 2 is 1.56 bits per heavy atom.